The number of ether oxygens (including phenoxy) is 1. The van der Waals surface area contributed by atoms with Crippen LogP contribution in [0.1, 0.15) is 42.0 Å². The molecule has 0 unspecified atom stereocenters. The fraction of sp³-hybridized carbons (Fsp3) is 0.375. The van der Waals surface area contributed by atoms with Crippen LogP contribution in [0.25, 0.3) is 0 Å². The van der Waals surface area contributed by atoms with Gasteiger partial charge in [-0.2, -0.15) is 0 Å². The number of methoxy groups -OCH3 is 1. The smallest absolute Gasteiger partial charge is 0.244 e. The highest BCUT2D eigenvalue weighted by Crippen LogP contribution is 2.31. The number of rotatable bonds is 14. The number of amides is 2. The van der Waals surface area contributed by atoms with Crippen LogP contribution in [0.5, 0.6) is 5.75 Å². The minimum Gasteiger partial charge on any atom is -0.495 e. The average Bonchev–Trinajstić information content (AvgIpc) is 2.94. The van der Waals surface area contributed by atoms with E-state index in [-0.39, 0.29) is 24.6 Å². The number of carbonyl (C=O) groups excluding carboxylic acids is 2. The Labute approximate surface area is 244 Å². The van der Waals surface area contributed by atoms with Crippen LogP contribution in [0.3, 0.4) is 0 Å². The molecule has 0 aromatic heterocycles. The summed E-state index contributed by atoms with van der Waals surface area (Å²) in [5.74, 6) is -0.440. The maximum absolute atomic E-state index is 14.2. The third kappa shape index (κ3) is 9.08. The maximum Gasteiger partial charge on any atom is 0.244 e. The van der Waals surface area contributed by atoms with Gasteiger partial charge in [0, 0.05) is 19.5 Å². The van der Waals surface area contributed by atoms with Crippen LogP contribution >= 0.6 is 0 Å². The highest BCUT2D eigenvalue weighted by Gasteiger charge is 2.33. The number of hydrogen-bond donors (Lipinski definition) is 1. The molecule has 2 amide bonds. The van der Waals surface area contributed by atoms with Gasteiger partial charge in [0.2, 0.25) is 21.8 Å². The first-order valence-corrected chi connectivity index (χ1v) is 15.7. The van der Waals surface area contributed by atoms with Gasteiger partial charge in [-0.3, -0.25) is 13.9 Å². The summed E-state index contributed by atoms with van der Waals surface area (Å²) in [7, 11) is -2.44. The molecule has 0 heterocycles. The first-order chi connectivity index (χ1) is 19.5. The van der Waals surface area contributed by atoms with Gasteiger partial charge in [0.05, 0.1) is 19.1 Å². The second kappa shape index (κ2) is 14.7. The molecular formula is C32H41N3O5S. The molecule has 0 saturated heterocycles. The van der Waals surface area contributed by atoms with Gasteiger partial charge in [-0.05, 0) is 49.1 Å². The van der Waals surface area contributed by atoms with E-state index in [2.05, 4.69) is 5.32 Å². The summed E-state index contributed by atoms with van der Waals surface area (Å²) in [4.78, 5) is 29.3. The molecule has 0 fully saturated rings. The number of nitrogens with zero attached hydrogens (tertiary/aromatic N) is 2. The fourth-order valence-corrected chi connectivity index (χ4v) is 5.38. The number of nitrogens with one attached hydrogen (secondary N) is 1. The van der Waals surface area contributed by atoms with Crippen LogP contribution in [0, 0.1) is 13.8 Å². The first-order valence-electron chi connectivity index (χ1n) is 13.8. The Bertz CT molecular complexity index is 1410. The average molecular weight is 580 g/mol. The number of hydrogen-bond acceptors (Lipinski definition) is 5. The van der Waals surface area contributed by atoms with Crippen LogP contribution in [0.15, 0.2) is 72.8 Å². The minimum atomic E-state index is -3.89. The minimum absolute atomic E-state index is 0.139. The molecule has 0 aliphatic heterocycles. The van der Waals surface area contributed by atoms with Crippen molar-refractivity contribution in [1.82, 2.24) is 10.2 Å². The predicted molar refractivity (Wildman–Crippen MR) is 164 cm³/mol. The summed E-state index contributed by atoms with van der Waals surface area (Å²) in [6.07, 6.45) is 3.07. The zero-order valence-electron chi connectivity index (χ0n) is 24.6. The van der Waals surface area contributed by atoms with E-state index >= 15 is 0 Å². The van der Waals surface area contributed by atoms with Crippen LogP contribution in [0.2, 0.25) is 0 Å². The lowest BCUT2D eigenvalue weighted by atomic mass is 10.0. The number of carbonyl (C=O) groups is 2. The summed E-state index contributed by atoms with van der Waals surface area (Å²) in [5, 5.41) is 2.99. The lowest BCUT2D eigenvalue weighted by Gasteiger charge is -2.34. The Morgan fingerprint density at radius 3 is 2.20 bits per heavy atom. The molecule has 220 valence electrons. The second-order valence-corrected chi connectivity index (χ2v) is 12.2. The SMILES string of the molecule is CCCCNC(=O)[C@@H](Cc1ccccc1)N(Cc1ccc(C)cc1)C(=O)CN(c1cc(C)ccc1OC)S(C)(=O)=O. The first kappa shape index (κ1) is 31.7. The van der Waals surface area contributed by atoms with Crippen molar-refractivity contribution in [3.63, 3.8) is 0 Å². The van der Waals surface area contributed by atoms with Gasteiger partial charge in [0.1, 0.15) is 18.3 Å². The van der Waals surface area contributed by atoms with Crippen molar-refractivity contribution >= 4 is 27.5 Å². The van der Waals surface area contributed by atoms with Gasteiger partial charge in [0.25, 0.3) is 0 Å². The van der Waals surface area contributed by atoms with Crippen LogP contribution in [0.4, 0.5) is 5.69 Å². The number of benzene rings is 3. The Balaban J connectivity index is 2.07. The van der Waals surface area contributed by atoms with E-state index in [0.717, 1.165) is 45.7 Å². The van der Waals surface area contributed by atoms with Gasteiger partial charge in [-0.25, -0.2) is 8.42 Å². The molecule has 3 rings (SSSR count). The van der Waals surface area contributed by atoms with Gasteiger partial charge in [-0.15, -0.1) is 0 Å². The molecule has 1 atom stereocenters. The van der Waals surface area contributed by atoms with Crippen molar-refractivity contribution in [2.75, 3.05) is 30.8 Å². The monoisotopic (exact) mass is 579 g/mol. The molecule has 0 bridgehead atoms. The Kier molecular flexibility index (Phi) is 11.3. The third-order valence-corrected chi connectivity index (χ3v) is 7.98. The van der Waals surface area contributed by atoms with Crippen molar-refractivity contribution in [3.8, 4) is 5.75 Å². The van der Waals surface area contributed by atoms with E-state index in [9.17, 15) is 18.0 Å². The van der Waals surface area contributed by atoms with Crippen LogP contribution in [-0.4, -0.2) is 57.6 Å². The molecule has 1 N–H and O–H groups in total. The van der Waals surface area contributed by atoms with E-state index in [1.807, 2.05) is 81.4 Å². The van der Waals surface area contributed by atoms with Gasteiger partial charge in [0.15, 0.2) is 0 Å². The molecular weight excluding hydrogens is 538 g/mol. The number of unbranched alkanes of at least 4 members (excludes halogenated alkanes) is 1. The number of sulfonamides is 1. The number of anilines is 1. The largest absolute Gasteiger partial charge is 0.495 e. The highest BCUT2D eigenvalue weighted by molar-refractivity contribution is 7.92. The van der Waals surface area contributed by atoms with Crippen LogP contribution < -0.4 is 14.4 Å². The zero-order valence-corrected chi connectivity index (χ0v) is 25.4. The molecule has 0 radical (unpaired) electrons. The molecule has 0 spiro atoms. The van der Waals surface area contributed by atoms with E-state index in [1.165, 1.54) is 12.0 Å². The van der Waals surface area contributed by atoms with Gasteiger partial charge < -0.3 is 15.0 Å². The van der Waals surface area contributed by atoms with E-state index < -0.39 is 28.5 Å². The molecule has 8 nitrogen and oxygen atoms in total. The van der Waals surface area contributed by atoms with E-state index in [0.29, 0.717) is 12.3 Å². The van der Waals surface area contributed by atoms with E-state index in [4.69, 9.17) is 4.74 Å². The molecule has 0 aliphatic rings. The lowest BCUT2D eigenvalue weighted by molar-refractivity contribution is -0.140. The van der Waals surface area contributed by atoms with Crippen LogP contribution in [-0.2, 0) is 32.6 Å². The standard InChI is InChI=1S/C32H41N3O5S/c1-6-7-19-33-32(37)29(21-26-11-9-8-10-12-26)34(22-27-16-13-24(2)14-17-27)31(36)23-35(41(5,38)39)28-20-25(3)15-18-30(28)40-4/h8-18,20,29H,6-7,19,21-23H2,1-5H3,(H,33,37)/t29-/m1/s1. The normalized spacial score (nSPS) is 11.9. The van der Waals surface area contributed by atoms with Crippen molar-refractivity contribution in [2.24, 2.45) is 0 Å². The summed E-state index contributed by atoms with van der Waals surface area (Å²) >= 11 is 0. The summed E-state index contributed by atoms with van der Waals surface area (Å²) < 4.78 is 32.6. The van der Waals surface area contributed by atoms with Crippen molar-refractivity contribution in [3.05, 3.63) is 95.1 Å². The molecule has 9 heteroatoms. The van der Waals surface area contributed by atoms with Crippen molar-refractivity contribution in [1.29, 1.82) is 0 Å². The van der Waals surface area contributed by atoms with Gasteiger partial charge >= 0.3 is 0 Å². The predicted octanol–water partition coefficient (Wildman–Crippen LogP) is 4.63. The third-order valence-electron chi connectivity index (χ3n) is 6.86. The summed E-state index contributed by atoms with van der Waals surface area (Å²) in [5.41, 5.74) is 3.88. The lowest BCUT2D eigenvalue weighted by Crippen LogP contribution is -2.53. The van der Waals surface area contributed by atoms with Crippen molar-refractivity contribution < 1.29 is 22.7 Å². The fourth-order valence-electron chi connectivity index (χ4n) is 4.54. The summed E-state index contributed by atoms with van der Waals surface area (Å²) in [6, 6.07) is 21.6. The Hall–Kier alpha value is -3.85. The molecule has 3 aromatic rings. The second-order valence-electron chi connectivity index (χ2n) is 10.3. The van der Waals surface area contributed by atoms with Gasteiger partial charge in [-0.1, -0.05) is 79.6 Å². The maximum atomic E-state index is 14.2. The molecule has 3 aromatic carbocycles. The molecule has 0 saturated carbocycles. The highest BCUT2D eigenvalue weighted by atomic mass is 32.2. The van der Waals surface area contributed by atoms with Crippen molar-refractivity contribution in [2.45, 2.75) is 52.6 Å². The zero-order chi connectivity index (χ0) is 30.0. The topological polar surface area (TPSA) is 96.0 Å². The summed E-state index contributed by atoms with van der Waals surface area (Å²) in [6.45, 7) is 6.00. The quantitative estimate of drug-likeness (QED) is 0.281. The molecule has 41 heavy (non-hydrogen) atoms. The number of aryl methyl sites for hydroxylation is 2. The Morgan fingerprint density at radius 2 is 1.59 bits per heavy atom. The van der Waals surface area contributed by atoms with E-state index in [1.54, 1.807) is 12.1 Å². The molecule has 0 aliphatic carbocycles. The Morgan fingerprint density at radius 1 is 0.927 bits per heavy atom.